The zero-order valence-corrected chi connectivity index (χ0v) is 49.4. The Morgan fingerprint density at radius 2 is 0.549 bits per heavy atom. The average Bonchev–Trinajstić information content (AvgIpc) is 1.45. The van der Waals surface area contributed by atoms with Crippen LogP contribution in [0.1, 0.15) is 22.3 Å². The van der Waals surface area contributed by atoms with Gasteiger partial charge in [-0.2, -0.15) is 0 Å². The number of ether oxygens (including phenoxy) is 2. The molecule has 2 aliphatic heterocycles. The van der Waals surface area contributed by atoms with Crippen LogP contribution in [0.2, 0.25) is 0 Å². The number of hydrogen-bond acceptors (Lipinski definition) is 4. The third kappa shape index (κ3) is 8.34. The molecule has 1 spiro atoms. The zero-order valence-electron chi connectivity index (χ0n) is 49.4. The predicted octanol–water partition coefficient (Wildman–Crippen LogP) is 22.7. The lowest BCUT2D eigenvalue weighted by molar-refractivity contribution is 0.399. The summed E-state index contributed by atoms with van der Waals surface area (Å²) in [7, 11) is 0. The van der Waals surface area contributed by atoms with Crippen LogP contribution in [-0.4, -0.2) is 9.13 Å². The van der Waals surface area contributed by atoms with E-state index in [4.69, 9.17) is 9.47 Å². The second kappa shape index (κ2) is 21.0. The number of anilines is 6. The molecule has 0 amide bonds. The summed E-state index contributed by atoms with van der Waals surface area (Å²) < 4.78 is 19.2. The Morgan fingerprint density at radius 1 is 0.220 bits per heavy atom. The Bertz CT molecular complexity index is 5160. The van der Waals surface area contributed by atoms with Gasteiger partial charge in [0.1, 0.15) is 23.0 Å². The van der Waals surface area contributed by atoms with Crippen LogP contribution >= 0.6 is 0 Å². The summed E-state index contributed by atoms with van der Waals surface area (Å²) in [4.78, 5) is 4.84. The van der Waals surface area contributed by atoms with Crippen LogP contribution in [0.15, 0.2) is 340 Å². The van der Waals surface area contributed by atoms with Gasteiger partial charge in [-0.3, -0.25) is 0 Å². The van der Waals surface area contributed by atoms with Gasteiger partial charge in [-0.15, -0.1) is 0 Å². The van der Waals surface area contributed by atoms with E-state index in [1.165, 1.54) is 10.8 Å². The molecule has 16 aromatic rings. The molecule has 14 aromatic carbocycles. The molecule has 0 aliphatic carbocycles. The van der Waals surface area contributed by atoms with E-state index in [0.717, 1.165) is 146 Å². The predicted molar refractivity (Wildman–Crippen MR) is 374 cm³/mol. The maximum atomic E-state index is 7.40. The Kier molecular flexibility index (Phi) is 12.0. The van der Waals surface area contributed by atoms with E-state index in [-0.39, 0.29) is 0 Å². The standard InChI is InChI=1S/C85H56N4O2/c1-5-23-57(24-6-1)59-27-21-33-63(51-59)86(65-43-47-79-71(53-65)69-35-13-17-39-77(69)88(79)61-29-9-3-10-30-61)67-45-49-83-75(55-67)85(73-37-15-19-41-81(73)90-82-42-20-16-38-74(82)85)76-56-68(46-50-84(76)91-83)87(64-34-22-28-60(52-64)58-25-7-2-8-26-58)66-44-48-80-72(54-66)70-36-14-18-40-78(70)89(80)62-31-11-4-12-32-62/h1-56H. The third-order valence-corrected chi connectivity index (χ3v) is 18.6. The number of nitrogens with zero attached hydrogens (tertiary/aromatic N) is 4. The van der Waals surface area contributed by atoms with Crippen LogP contribution < -0.4 is 19.3 Å². The third-order valence-electron chi connectivity index (χ3n) is 18.6. The number of benzene rings is 14. The van der Waals surface area contributed by atoms with Gasteiger partial charge in [0.05, 0.1) is 27.5 Å². The fraction of sp³-hybridized carbons (Fsp3) is 0.0118. The second-order valence-electron chi connectivity index (χ2n) is 23.6. The highest BCUT2D eigenvalue weighted by atomic mass is 16.5. The van der Waals surface area contributed by atoms with Crippen molar-refractivity contribution >= 4 is 77.7 Å². The molecule has 91 heavy (non-hydrogen) atoms. The van der Waals surface area contributed by atoms with Gasteiger partial charge in [-0.05, 0) is 168 Å². The maximum Gasteiger partial charge on any atom is 0.132 e. The fourth-order valence-corrected chi connectivity index (χ4v) is 14.6. The molecule has 2 aliphatic rings. The molecule has 0 fully saturated rings. The lowest BCUT2D eigenvalue weighted by atomic mass is 9.62. The van der Waals surface area contributed by atoms with Crippen LogP contribution in [0.5, 0.6) is 23.0 Å². The van der Waals surface area contributed by atoms with Crippen LogP contribution in [0, 0.1) is 0 Å². The molecule has 0 unspecified atom stereocenters. The molecule has 428 valence electrons. The highest BCUT2D eigenvalue weighted by Gasteiger charge is 2.51. The van der Waals surface area contributed by atoms with Gasteiger partial charge < -0.3 is 28.4 Å². The van der Waals surface area contributed by atoms with Gasteiger partial charge in [0, 0.05) is 89.3 Å². The molecule has 4 heterocycles. The van der Waals surface area contributed by atoms with Crippen molar-refractivity contribution in [3.63, 3.8) is 0 Å². The van der Waals surface area contributed by atoms with E-state index >= 15 is 0 Å². The van der Waals surface area contributed by atoms with Gasteiger partial charge in [0.25, 0.3) is 0 Å². The summed E-state index contributed by atoms with van der Waals surface area (Å²) in [6.45, 7) is 0. The first-order valence-electron chi connectivity index (χ1n) is 31.0. The van der Waals surface area contributed by atoms with E-state index in [0.29, 0.717) is 0 Å². The van der Waals surface area contributed by atoms with Crippen molar-refractivity contribution in [2.45, 2.75) is 5.41 Å². The minimum Gasteiger partial charge on any atom is -0.457 e. The highest BCUT2D eigenvalue weighted by Crippen LogP contribution is 2.63. The zero-order chi connectivity index (χ0) is 60.0. The highest BCUT2D eigenvalue weighted by molar-refractivity contribution is 6.12. The molecular weight excluding hydrogens is 1110 g/mol. The summed E-state index contributed by atoms with van der Waals surface area (Å²) in [5.74, 6) is 3.11. The smallest absolute Gasteiger partial charge is 0.132 e. The van der Waals surface area contributed by atoms with Gasteiger partial charge in [0.2, 0.25) is 0 Å². The number of fused-ring (bicyclic) bond motifs is 14. The molecule has 0 bridgehead atoms. The minimum atomic E-state index is -0.963. The van der Waals surface area contributed by atoms with Gasteiger partial charge in [0.15, 0.2) is 0 Å². The maximum absolute atomic E-state index is 7.40. The van der Waals surface area contributed by atoms with Gasteiger partial charge in [-0.25, -0.2) is 0 Å². The second-order valence-corrected chi connectivity index (χ2v) is 23.6. The molecule has 0 atom stereocenters. The lowest BCUT2D eigenvalue weighted by Gasteiger charge is -2.45. The Balaban J connectivity index is 0.880. The van der Waals surface area contributed by atoms with Crippen molar-refractivity contribution in [3.05, 3.63) is 362 Å². The first-order valence-corrected chi connectivity index (χ1v) is 31.0. The van der Waals surface area contributed by atoms with E-state index < -0.39 is 5.41 Å². The summed E-state index contributed by atoms with van der Waals surface area (Å²) >= 11 is 0. The summed E-state index contributed by atoms with van der Waals surface area (Å²) in [6.07, 6.45) is 0. The van der Waals surface area contributed by atoms with E-state index in [2.05, 4.69) is 359 Å². The van der Waals surface area contributed by atoms with Gasteiger partial charge in [-0.1, -0.05) is 194 Å². The Morgan fingerprint density at radius 3 is 1.00 bits per heavy atom. The van der Waals surface area contributed by atoms with Crippen molar-refractivity contribution in [2.75, 3.05) is 9.80 Å². The molecule has 0 radical (unpaired) electrons. The van der Waals surface area contributed by atoms with Crippen LogP contribution in [-0.2, 0) is 5.41 Å². The quantitative estimate of drug-likeness (QED) is 0.137. The molecule has 0 N–H and O–H groups in total. The normalized spacial score (nSPS) is 12.7. The minimum absolute atomic E-state index is 0.766. The Hall–Kier alpha value is -12.1. The van der Waals surface area contributed by atoms with E-state index in [1.807, 2.05) is 0 Å². The topological polar surface area (TPSA) is 34.8 Å². The molecule has 2 aromatic heterocycles. The SMILES string of the molecule is c1ccc(-c2cccc(N(c3ccc4c(c3)C3(c5ccccc5Oc5ccccc53)c3cc(N(c5cccc(-c6ccccc6)c5)c5ccc6c(c5)c5ccccc5n6-c5ccccc5)ccc3O4)c3ccc4c(c3)c3ccccc3n4-c3ccccc3)c2)cc1. The van der Waals surface area contributed by atoms with Crippen LogP contribution in [0.3, 0.4) is 0 Å². The van der Waals surface area contributed by atoms with Crippen molar-refractivity contribution in [3.8, 4) is 56.6 Å². The fourth-order valence-electron chi connectivity index (χ4n) is 14.6. The van der Waals surface area contributed by atoms with Crippen molar-refractivity contribution in [1.29, 1.82) is 0 Å². The van der Waals surface area contributed by atoms with Crippen molar-refractivity contribution in [2.24, 2.45) is 0 Å². The van der Waals surface area contributed by atoms with Crippen molar-refractivity contribution in [1.82, 2.24) is 9.13 Å². The molecule has 18 rings (SSSR count). The lowest BCUT2D eigenvalue weighted by Crippen LogP contribution is -2.37. The first kappa shape index (κ1) is 52.0. The van der Waals surface area contributed by atoms with E-state index in [9.17, 15) is 0 Å². The van der Waals surface area contributed by atoms with Crippen LogP contribution in [0.25, 0.3) is 77.2 Å². The monoisotopic (exact) mass is 1160 g/mol. The van der Waals surface area contributed by atoms with Crippen LogP contribution in [0.4, 0.5) is 34.1 Å². The largest absolute Gasteiger partial charge is 0.457 e. The number of aromatic nitrogens is 2. The number of rotatable bonds is 10. The molecular formula is C85H56N4O2. The molecule has 6 nitrogen and oxygen atoms in total. The molecule has 6 heteroatoms. The molecule has 0 saturated carbocycles. The Labute approximate surface area is 527 Å². The molecule has 0 saturated heterocycles. The first-order chi connectivity index (χ1) is 45.1. The number of hydrogen-bond donors (Lipinski definition) is 0. The summed E-state index contributed by atoms with van der Waals surface area (Å²) in [6, 6.07) is 123. The van der Waals surface area contributed by atoms with Crippen molar-refractivity contribution < 1.29 is 9.47 Å². The summed E-state index contributed by atoms with van der Waals surface area (Å²) in [5, 5.41) is 4.68. The van der Waals surface area contributed by atoms with E-state index in [1.54, 1.807) is 0 Å². The summed E-state index contributed by atoms with van der Waals surface area (Å²) in [5.41, 5.74) is 20.4. The average molecular weight is 1170 g/mol. The number of para-hydroxylation sites is 6. The van der Waals surface area contributed by atoms with Gasteiger partial charge >= 0.3 is 0 Å².